The van der Waals surface area contributed by atoms with Crippen molar-refractivity contribution in [3.05, 3.63) is 30.1 Å². The molecule has 0 radical (unpaired) electrons. The quantitative estimate of drug-likeness (QED) is 0.0801. The SMILES string of the molecule is CCCCCCCCCCCCCCCCCC[n+]1cccc(C(=N)[O-])c1.I. The second-order valence-corrected chi connectivity index (χ2v) is 7.96. The molecular formula is C24H43IN2O. The van der Waals surface area contributed by atoms with Crippen LogP contribution in [-0.2, 0) is 6.54 Å². The molecule has 0 saturated carbocycles. The van der Waals surface area contributed by atoms with Gasteiger partial charge in [-0.05, 0) is 18.4 Å². The normalized spacial score (nSPS) is 10.6. The van der Waals surface area contributed by atoms with Gasteiger partial charge in [-0.3, -0.25) is 0 Å². The van der Waals surface area contributed by atoms with Gasteiger partial charge in [-0.2, -0.15) is 0 Å². The van der Waals surface area contributed by atoms with Gasteiger partial charge in [-0.1, -0.05) is 96.8 Å². The molecule has 1 N–H and O–H groups in total. The van der Waals surface area contributed by atoms with Gasteiger partial charge in [0.05, 0.1) is 0 Å². The first kappa shape index (κ1) is 27.4. The highest BCUT2D eigenvalue weighted by Crippen LogP contribution is 2.13. The van der Waals surface area contributed by atoms with Crippen molar-refractivity contribution in [2.24, 2.45) is 0 Å². The fraction of sp³-hybridized carbons (Fsp3) is 0.750. The van der Waals surface area contributed by atoms with Gasteiger partial charge in [-0.15, -0.1) is 24.0 Å². The summed E-state index contributed by atoms with van der Waals surface area (Å²) in [7, 11) is 0. The fourth-order valence-electron chi connectivity index (χ4n) is 3.64. The lowest BCUT2D eigenvalue weighted by atomic mass is 10.0. The zero-order chi connectivity index (χ0) is 19.6. The second-order valence-electron chi connectivity index (χ2n) is 7.96. The molecule has 0 saturated heterocycles. The molecule has 0 amide bonds. The van der Waals surface area contributed by atoms with E-state index in [4.69, 9.17) is 5.41 Å². The molecule has 0 spiro atoms. The standard InChI is InChI=1S/C24H42N2O.HI/c1-2-3-4-5-6-7-8-9-10-11-12-13-14-15-16-17-20-26-21-18-19-23(22-26)24(25)27;/h18-19,21-22H,2-17,20H2,1H3,(H-,25,27);1H. The summed E-state index contributed by atoms with van der Waals surface area (Å²) >= 11 is 0. The van der Waals surface area contributed by atoms with E-state index in [1.807, 2.05) is 16.8 Å². The Morgan fingerprint density at radius 3 is 1.64 bits per heavy atom. The third kappa shape index (κ3) is 15.3. The first-order chi connectivity index (χ1) is 13.2. The molecule has 0 aromatic carbocycles. The van der Waals surface area contributed by atoms with Crippen molar-refractivity contribution < 1.29 is 9.67 Å². The van der Waals surface area contributed by atoms with Crippen LogP contribution in [0.5, 0.6) is 0 Å². The maximum atomic E-state index is 11.1. The molecule has 0 unspecified atom stereocenters. The Bertz CT molecular complexity index is 493. The Morgan fingerprint density at radius 2 is 1.21 bits per heavy atom. The number of pyridine rings is 1. The number of nitrogens with zero attached hydrogens (tertiary/aromatic N) is 1. The molecule has 3 nitrogen and oxygen atoms in total. The third-order valence-corrected chi connectivity index (χ3v) is 5.39. The highest BCUT2D eigenvalue weighted by atomic mass is 127. The lowest BCUT2D eigenvalue weighted by molar-refractivity contribution is -0.697. The Balaban J connectivity index is 0.00000729. The van der Waals surface area contributed by atoms with Crippen molar-refractivity contribution in [2.45, 2.75) is 116 Å². The molecule has 0 aliphatic rings. The van der Waals surface area contributed by atoms with E-state index in [0.717, 1.165) is 13.0 Å². The van der Waals surface area contributed by atoms with Crippen LogP contribution in [0.4, 0.5) is 0 Å². The summed E-state index contributed by atoms with van der Waals surface area (Å²) < 4.78 is 2.03. The number of nitrogens with one attached hydrogen (secondary N) is 1. The van der Waals surface area contributed by atoms with Crippen molar-refractivity contribution in [1.82, 2.24) is 0 Å². The maximum Gasteiger partial charge on any atom is 0.176 e. The van der Waals surface area contributed by atoms with Crippen LogP contribution in [0.15, 0.2) is 24.5 Å². The second kappa shape index (κ2) is 19.7. The molecule has 0 aliphatic heterocycles. The van der Waals surface area contributed by atoms with E-state index in [1.54, 1.807) is 12.3 Å². The van der Waals surface area contributed by atoms with E-state index in [9.17, 15) is 5.11 Å². The minimum absolute atomic E-state index is 0. The lowest BCUT2D eigenvalue weighted by Crippen LogP contribution is -2.34. The van der Waals surface area contributed by atoms with Crippen molar-refractivity contribution >= 4 is 29.9 Å². The van der Waals surface area contributed by atoms with E-state index in [1.165, 1.54) is 96.3 Å². The maximum absolute atomic E-state index is 11.1. The number of hydrogen-bond donors (Lipinski definition) is 1. The van der Waals surface area contributed by atoms with Gasteiger partial charge in [0.25, 0.3) is 0 Å². The highest BCUT2D eigenvalue weighted by Gasteiger charge is 2.02. The van der Waals surface area contributed by atoms with E-state index >= 15 is 0 Å². The van der Waals surface area contributed by atoms with E-state index in [-0.39, 0.29) is 24.0 Å². The van der Waals surface area contributed by atoms with E-state index in [0.29, 0.717) is 5.56 Å². The molecule has 0 bridgehead atoms. The molecule has 0 fully saturated rings. The van der Waals surface area contributed by atoms with Crippen LogP contribution in [0.2, 0.25) is 0 Å². The molecule has 0 atom stereocenters. The van der Waals surface area contributed by atoms with Gasteiger partial charge in [0.15, 0.2) is 12.4 Å². The number of aryl methyl sites for hydroxylation is 1. The van der Waals surface area contributed by atoms with Gasteiger partial charge in [0.2, 0.25) is 0 Å². The zero-order valence-electron chi connectivity index (χ0n) is 18.1. The average molecular weight is 503 g/mol. The van der Waals surface area contributed by atoms with Gasteiger partial charge in [0.1, 0.15) is 6.54 Å². The Hall–Kier alpha value is -0.650. The van der Waals surface area contributed by atoms with Crippen molar-refractivity contribution in [2.75, 3.05) is 0 Å². The predicted octanol–water partition coefficient (Wildman–Crippen LogP) is 6.54. The summed E-state index contributed by atoms with van der Waals surface area (Å²) in [6, 6.07) is 3.56. The monoisotopic (exact) mass is 502 g/mol. The van der Waals surface area contributed by atoms with Crippen LogP contribution in [0.1, 0.15) is 115 Å². The smallest absolute Gasteiger partial charge is 0.176 e. The Morgan fingerprint density at radius 1 is 0.786 bits per heavy atom. The van der Waals surface area contributed by atoms with Gasteiger partial charge < -0.3 is 10.5 Å². The van der Waals surface area contributed by atoms with Crippen LogP contribution in [0, 0.1) is 5.41 Å². The number of aromatic nitrogens is 1. The molecule has 1 rings (SSSR count). The van der Waals surface area contributed by atoms with Crippen LogP contribution >= 0.6 is 24.0 Å². The van der Waals surface area contributed by atoms with Crippen LogP contribution in [-0.4, -0.2) is 5.90 Å². The summed E-state index contributed by atoms with van der Waals surface area (Å²) in [5.74, 6) is -0.601. The molecule has 4 heteroatoms. The van der Waals surface area contributed by atoms with Crippen molar-refractivity contribution in [3.63, 3.8) is 0 Å². The molecule has 1 heterocycles. The number of rotatable bonds is 18. The summed E-state index contributed by atoms with van der Waals surface area (Å²) in [5, 5.41) is 18.2. The van der Waals surface area contributed by atoms with Crippen molar-refractivity contribution in [3.8, 4) is 0 Å². The number of halogens is 1. The molecule has 1 aromatic heterocycles. The van der Waals surface area contributed by atoms with Crippen LogP contribution < -0.4 is 9.67 Å². The average Bonchev–Trinajstić information content (AvgIpc) is 2.68. The van der Waals surface area contributed by atoms with Crippen molar-refractivity contribution in [1.29, 1.82) is 5.41 Å². The van der Waals surface area contributed by atoms with Gasteiger partial charge >= 0.3 is 0 Å². The predicted molar refractivity (Wildman–Crippen MR) is 128 cm³/mol. The number of unbranched alkanes of at least 4 members (excludes halogenated alkanes) is 15. The minimum Gasteiger partial charge on any atom is -0.859 e. The molecule has 0 aliphatic carbocycles. The Kier molecular flexibility index (Phi) is 19.2. The third-order valence-electron chi connectivity index (χ3n) is 5.39. The molecule has 28 heavy (non-hydrogen) atoms. The number of hydrogen-bond acceptors (Lipinski definition) is 2. The molecule has 1 aromatic rings. The Labute approximate surface area is 190 Å². The minimum atomic E-state index is -0.601. The summed E-state index contributed by atoms with van der Waals surface area (Å²) in [4.78, 5) is 0. The first-order valence-corrected chi connectivity index (χ1v) is 11.5. The van der Waals surface area contributed by atoms with Crippen LogP contribution in [0.25, 0.3) is 0 Å². The lowest BCUT2D eigenvalue weighted by Gasteiger charge is -2.05. The fourth-order valence-corrected chi connectivity index (χ4v) is 3.64. The largest absolute Gasteiger partial charge is 0.859 e. The van der Waals surface area contributed by atoms with Crippen LogP contribution in [0.3, 0.4) is 0 Å². The van der Waals surface area contributed by atoms with Gasteiger partial charge in [-0.25, -0.2) is 4.57 Å². The molecule has 162 valence electrons. The van der Waals surface area contributed by atoms with E-state index in [2.05, 4.69) is 6.92 Å². The molecular weight excluding hydrogens is 459 g/mol. The first-order valence-electron chi connectivity index (χ1n) is 11.5. The van der Waals surface area contributed by atoms with Gasteiger partial charge in [0, 0.05) is 18.1 Å². The van der Waals surface area contributed by atoms with E-state index < -0.39 is 5.90 Å². The highest BCUT2D eigenvalue weighted by molar-refractivity contribution is 14.0. The summed E-state index contributed by atoms with van der Waals surface area (Å²) in [5.41, 5.74) is 0.481. The summed E-state index contributed by atoms with van der Waals surface area (Å²) in [6.07, 6.45) is 25.9. The summed E-state index contributed by atoms with van der Waals surface area (Å²) in [6.45, 7) is 3.23. The topological polar surface area (TPSA) is 50.8 Å². The zero-order valence-corrected chi connectivity index (χ0v) is 20.4.